The molecule has 2 aliphatic rings. The zero-order valence-corrected chi connectivity index (χ0v) is 16.2. The predicted octanol–water partition coefficient (Wildman–Crippen LogP) is 3.82. The van der Waals surface area contributed by atoms with Gasteiger partial charge in [-0.05, 0) is 18.1 Å². The molecular weight excluding hydrogens is 383 g/mol. The van der Waals surface area contributed by atoms with Gasteiger partial charge in [0.2, 0.25) is 0 Å². The Kier molecular flexibility index (Phi) is 4.22. The molecule has 9 heteroatoms. The largest absolute Gasteiger partial charge is 0.418 e. The number of nitrogens with one attached hydrogen (secondary N) is 1. The molecule has 0 bridgehead atoms. The number of fused-ring (bicyclic) bond motifs is 1. The van der Waals surface area contributed by atoms with Gasteiger partial charge in [0, 0.05) is 42.1 Å². The van der Waals surface area contributed by atoms with Crippen LogP contribution >= 0.6 is 0 Å². The minimum absolute atomic E-state index is 0.0652. The monoisotopic (exact) mass is 405 g/mol. The van der Waals surface area contributed by atoms with E-state index in [-0.39, 0.29) is 23.0 Å². The molecule has 5 heterocycles. The van der Waals surface area contributed by atoms with Crippen molar-refractivity contribution in [3.63, 3.8) is 0 Å². The maximum atomic E-state index is 13.3. The van der Waals surface area contributed by atoms with E-state index in [9.17, 15) is 13.2 Å². The predicted molar refractivity (Wildman–Crippen MR) is 102 cm³/mol. The fourth-order valence-corrected chi connectivity index (χ4v) is 4.03. The fourth-order valence-electron chi connectivity index (χ4n) is 4.03. The van der Waals surface area contributed by atoms with Crippen LogP contribution < -0.4 is 0 Å². The first-order valence-corrected chi connectivity index (χ1v) is 9.77. The lowest BCUT2D eigenvalue weighted by molar-refractivity contribution is -0.136. The molecule has 6 nitrogen and oxygen atoms in total. The molecule has 2 saturated heterocycles. The second kappa shape index (κ2) is 6.56. The normalized spacial score (nSPS) is 19.1. The lowest BCUT2D eigenvalue weighted by Gasteiger charge is -2.47. The van der Waals surface area contributed by atoms with Gasteiger partial charge in [-0.15, -0.1) is 0 Å². The molecule has 5 rings (SSSR count). The van der Waals surface area contributed by atoms with Gasteiger partial charge in [0.1, 0.15) is 5.65 Å². The van der Waals surface area contributed by atoms with Crippen LogP contribution in [0.3, 0.4) is 0 Å². The zero-order chi connectivity index (χ0) is 20.3. The van der Waals surface area contributed by atoms with Crippen LogP contribution in [0, 0.1) is 0 Å². The van der Waals surface area contributed by atoms with Gasteiger partial charge in [0.05, 0.1) is 36.6 Å². The molecule has 29 heavy (non-hydrogen) atoms. The summed E-state index contributed by atoms with van der Waals surface area (Å²) in [4.78, 5) is 9.17. The van der Waals surface area contributed by atoms with E-state index in [1.165, 1.54) is 6.07 Å². The average molecular weight is 405 g/mol. The molecule has 0 amide bonds. The van der Waals surface area contributed by atoms with Crippen LogP contribution in [0.2, 0.25) is 0 Å². The number of likely N-dealkylation sites (tertiary alicyclic amines) is 1. The molecular formula is C20H22F3N5O. The van der Waals surface area contributed by atoms with Crippen molar-refractivity contribution in [3.8, 4) is 11.3 Å². The number of H-pyrrole nitrogens is 1. The van der Waals surface area contributed by atoms with Crippen molar-refractivity contribution < 1.29 is 17.9 Å². The molecule has 0 saturated carbocycles. The van der Waals surface area contributed by atoms with E-state index in [0.29, 0.717) is 17.3 Å². The number of aromatic amines is 1. The second-order valence-electron chi connectivity index (χ2n) is 8.17. The zero-order valence-electron chi connectivity index (χ0n) is 16.2. The number of alkyl halides is 3. The molecule has 3 aromatic rings. The SMILES string of the molecule is CC(C)c1cc(-c2cnc3[nH]cc(C(F)(F)F)c3c2)nn1C1CN(C2COC2)C1. The summed E-state index contributed by atoms with van der Waals surface area (Å²) in [7, 11) is 0. The number of rotatable bonds is 4. The van der Waals surface area contributed by atoms with Crippen LogP contribution in [0.15, 0.2) is 24.5 Å². The van der Waals surface area contributed by atoms with Gasteiger partial charge < -0.3 is 9.72 Å². The van der Waals surface area contributed by atoms with E-state index in [1.807, 2.05) is 10.7 Å². The minimum atomic E-state index is -4.43. The van der Waals surface area contributed by atoms with E-state index in [1.54, 1.807) is 6.20 Å². The van der Waals surface area contributed by atoms with Crippen LogP contribution in [-0.4, -0.2) is 57.0 Å². The van der Waals surface area contributed by atoms with Crippen molar-refractivity contribution in [2.45, 2.75) is 38.0 Å². The van der Waals surface area contributed by atoms with Crippen LogP contribution in [-0.2, 0) is 10.9 Å². The first-order chi connectivity index (χ1) is 13.8. The smallest absolute Gasteiger partial charge is 0.378 e. The van der Waals surface area contributed by atoms with Crippen LogP contribution in [0.1, 0.15) is 37.1 Å². The Morgan fingerprint density at radius 1 is 1.17 bits per heavy atom. The second-order valence-corrected chi connectivity index (χ2v) is 8.17. The third kappa shape index (κ3) is 3.12. The Morgan fingerprint density at radius 3 is 2.55 bits per heavy atom. The highest BCUT2D eigenvalue weighted by Gasteiger charge is 2.38. The molecule has 0 spiro atoms. The van der Waals surface area contributed by atoms with Crippen molar-refractivity contribution in [3.05, 3.63) is 35.8 Å². The van der Waals surface area contributed by atoms with Crippen LogP contribution in [0.5, 0.6) is 0 Å². The van der Waals surface area contributed by atoms with Gasteiger partial charge in [-0.25, -0.2) is 4.98 Å². The van der Waals surface area contributed by atoms with E-state index in [2.05, 4.69) is 28.7 Å². The third-order valence-corrected chi connectivity index (χ3v) is 5.86. The van der Waals surface area contributed by atoms with Crippen molar-refractivity contribution in [1.82, 2.24) is 24.6 Å². The van der Waals surface area contributed by atoms with Crippen molar-refractivity contribution in [2.24, 2.45) is 0 Å². The summed E-state index contributed by atoms with van der Waals surface area (Å²) < 4.78 is 47.1. The minimum Gasteiger partial charge on any atom is -0.378 e. The van der Waals surface area contributed by atoms with Gasteiger partial charge in [-0.3, -0.25) is 9.58 Å². The maximum Gasteiger partial charge on any atom is 0.418 e. The summed E-state index contributed by atoms with van der Waals surface area (Å²) in [5, 5.41) is 4.84. The standard InChI is InChI=1S/C20H22F3N5O/c1-11(2)18-4-17(26-28(18)13-7-27(8-13)14-9-29-10-14)12-3-15-16(20(21,22)23)6-25-19(15)24-5-12/h3-6,11,13-14H,7-10H2,1-2H3,(H,24,25). The maximum absolute atomic E-state index is 13.3. The molecule has 3 aromatic heterocycles. The number of nitrogens with zero attached hydrogens (tertiary/aromatic N) is 4. The number of hydrogen-bond donors (Lipinski definition) is 1. The van der Waals surface area contributed by atoms with Crippen molar-refractivity contribution in [2.75, 3.05) is 26.3 Å². The van der Waals surface area contributed by atoms with Gasteiger partial charge >= 0.3 is 6.18 Å². The van der Waals surface area contributed by atoms with E-state index in [4.69, 9.17) is 9.84 Å². The summed E-state index contributed by atoms with van der Waals surface area (Å²) in [6, 6.07) is 4.28. The Balaban J connectivity index is 1.48. The highest BCUT2D eigenvalue weighted by molar-refractivity contribution is 5.84. The van der Waals surface area contributed by atoms with Gasteiger partial charge in [0.15, 0.2) is 0 Å². The van der Waals surface area contributed by atoms with E-state index in [0.717, 1.165) is 38.2 Å². The van der Waals surface area contributed by atoms with E-state index < -0.39 is 11.7 Å². The summed E-state index contributed by atoms with van der Waals surface area (Å²) in [6.45, 7) is 7.62. The molecule has 2 aliphatic heterocycles. The van der Waals surface area contributed by atoms with Crippen molar-refractivity contribution in [1.29, 1.82) is 0 Å². The van der Waals surface area contributed by atoms with Gasteiger partial charge in [-0.2, -0.15) is 18.3 Å². The summed E-state index contributed by atoms with van der Waals surface area (Å²) >= 11 is 0. The first kappa shape index (κ1) is 18.6. The molecule has 0 atom stereocenters. The number of ether oxygens (including phenoxy) is 1. The molecule has 0 aromatic carbocycles. The Hall–Kier alpha value is -2.39. The molecule has 0 unspecified atom stereocenters. The first-order valence-electron chi connectivity index (χ1n) is 9.77. The Labute approximate surface area is 165 Å². The average Bonchev–Trinajstić information content (AvgIpc) is 3.19. The Bertz CT molecular complexity index is 1040. The molecule has 0 aliphatic carbocycles. The lowest BCUT2D eigenvalue weighted by Crippen LogP contribution is -2.59. The number of halogens is 3. The number of aromatic nitrogens is 4. The van der Waals surface area contributed by atoms with Crippen molar-refractivity contribution >= 4 is 11.0 Å². The molecule has 0 radical (unpaired) electrons. The topological polar surface area (TPSA) is 59.0 Å². The Morgan fingerprint density at radius 2 is 1.93 bits per heavy atom. The molecule has 154 valence electrons. The molecule has 2 fully saturated rings. The van der Waals surface area contributed by atoms with Gasteiger partial charge in [0.25, 0.3) is 0 Å². The highest BCUT2D eigenvalue weighted by atomic mass is 19.4. The number of hydrogen-bond acceptors (Lipinski definition) is 4. The number of pyridine rings is 1. The van der Waals surface area contributed by atoms with Gasteiger partial charge in [-0.1, -0.05) is 13.8 Å². The summed E-state index contributed by atoms with van der Waals surface area (Å²) in [5.41, 5.74) is 1.85. The fraction of sp³-hybridized carbons (Fsp3) is 0.500. The lowest BCUT2D eigenvalue weighted by atomic mass is 10.0. The quantitative estimate of drug-likeness (QED) is 0.717. The molecule has 1 N–H and O–H groups in total. The van der Waals surface area contributed by atoms with Crippen LogP contribution in [0.4, 0.5) is 13.2 Å². The summed E-state index contributed by atoms with van der Waals surface area (Å²) in [5.74, 6) is 0.257. The summed E-state index contributed by atoms with van der Waals surface area (Å²) in [6.07, 6.45) is -1.89. The van der Waals surface area contributed by atoms with E-state index >= 15 is 0 Å². The highest BCUT2D eigenvalue weighted by Crippen LogP contribution is 2.36. The third-order valence-electron chi connectivity index (χ3n) is 5.86. The van der Waals surface area contributed by atoms with Crippen LogP contribution in [0.25, 0.3) is 22.3 Å².